The lowest BCUT2D eigenvalue weighted by atomic mass is 10.0. The highest BCUT2D eigenvalue weighted by Crippen LogP contribution is 2.29. The molecule has 0 bridgehead atoms. The first-order valence-corrected chi connectivity index (χ1v) is 6.47. The third-order valence-corrected chi connectivity index (χ3v) is 4.13. The molecule has 0 saturated carbocycles. The number of halogens is 1. The molecule has 1 aromatic rings. The minimum absolute atomic E-state index is 0.233. The number of hydrogen-bond donors (Lipinski definition) is 1. The van der Waals surface area contributed by atoms with Gasteiger partial charge in [0.2, 0.25) is 0 Å². The van der Waals surface area contributed by atoms with Gasteiger partial charge in [-0.3, -0.25) is 0 Å². The highest BCUT2D eigenvalue weighted by molar-refractivity contribution is 9.10. The molecular weight excluding hydrogens is 264 g/mol. The van der Waals surface area contributed by atoms with Crippen LogP contribution in [0, 0.1) is 0 Å². The Labute approximate surface area is 95.9 Å². The molecular formula is C9H13BrN2OS. The van der Waals surface area contributed by atoms with Crippen molar-refractivity contribution in [2.24, 2.45) is 0 Å². The SMILES string of the molecule is OCC1CCCCN1c1nc(Br)cs1. The van der Waals surface area contributed by atoms with Crippen LogP contribution in [0.15, 0.2) is 9.98 Å². The van der Waals surface area contributed by atoms with E-state index in [1.54, 1.807) is 11.3 Å². The minimum Gasteiger partial charge on any atom is -0.394 e. The number of thiazole rings is 1. The molecule has 1 aliphatic heterocycles. The second kappa shape index (κ2) is 4.59. The predicted octanol–water partition coefficient (Wildman–Crippen LogP) is 2.26. The van der Waals surface area contributed by atoms with Gasteiger partial charge in [0.15, 0.2) is 5.13 Å². The summed E-state index contributed by atoms with van der Waals surface area (Å²) in [5.74, 6) is 0. The van der Waals surface area contributed by atoms with Crippen molar-refractivity contribution in [1.82, 2.24) is 4.98 Å². The molecule has 0 amide bonds. The molecule has 1 N–H and O–H groups in total. The molecule has 0 spiro atoms. The van der Waals surface area contributed by atoms with E-state index >= 15 is 0 Å². The molecule has 0 aromatic carbocycles. The highest BCUT2D eigenvalue weighted by atomic mass is 79.9. The van der Waals surface area contributed by atoms with Crippen LogP contribution in [0.4, 0.5) is 5.13 Å². The van der Waals surface area contributed by atoms with Crippen LogP contribution in [-0.2, 0) is 0 Å². The van der Waals surface area contributed by atoms with Crippen LogP contribution in [-0.4, -0.2) is 29.3 Å². The molecule has 1 unspecified atom stereocenters. The van der Waals surface area contributed by atoms with Crippen molar-refractivity contribution >= 4 is 32.4 Å². The average molecular weight is 277 g/mol. The molecule has 1 saturated heterocycles. The molecule has 1 aliphatic rings. The summed E-state index contributed by atoms with van der Waals surface area (Å²) in [7, 11) is 0. The fraction of sp³-hybridized carbons (Fsp3) is 0.667. The van der Waals surface area contributed by atoms with E-state index in [1.165, 1.54) is 12.8 Å². The normalized spacial score (nSPS) is 22.7. The van der Waals surface area contributed by atoms with Crippen LogP contribution in [0.1, 0.15) is 19.3 Å². The maximum Gasteiger partial charge on any atom is 0.186 e. The number of aliphatic hydroxyl groups is 1. The van der Waals surface area contributed by atoms with Crippen LogP contribution in [0.5, 0.6) is 0 Å². The van der Waals surface area contributed by atoms with E-state index < -0.39 is 0 Å². The van der Waals surface area contributed by atoms with Gasteiger partial charge in [0.25, 0.3) is 0 Å². The molecule has 0 aliphatic carbocycles. The highest BCUT2D eigenvalue weighted by Gasteiger charge is 2.23. The number of hydrogen-bond acceptors (Lipinski definition) is 4. The molecule has 5 heteroatoms. The van der Waals surface area contributed by atoms with Gasteiger partial charge in [0.1, 0.15) is 4.60 Å². The maximum absolute atomic E-state index is 9.25. The lowest BCUT2D eigenvalue weighted by molar-refractivity contribution is 0.240. The Balaban J connectivity index is 2.14. The second-order valence-electron chi connectivity index (χ2n) is 3.48. The van der Waals surface area contributed by atoms with Gasteiger partial charge in [-0.15, -0.1) is 11.3 Å². The van der Waals surface area contributed by atoms with Gasteiger partial charge in [-0.25, -0.2) is 4.98 Å². The summed E-state index contributed by atoms with van der Waals surface area (Å²) in [6.07, 6.45) is 3.50. The van der Waals surface area contributed by atoms with E-state index in [-0.39, 0.29) is 12.6 Å². The predicted molar refractivity (Wildman–Crippen MR) is 61.9 cm³/mol. The number of aromatic nitrogens is 1. The van der Waals surface area contributed by atoms with Gasteiger partial charge in [-0.2, -0.15) is 0 Å². The van der Waals surface area contributed by atoms with E-state index in [0.29, 0.717) is 0 Å². The van der Waals surface area contributed by atoms with Crippen molar-refractivity contribution in [3.8, 4) is 0 Å². The Morgan fingerprint density at radius 2 is 2.50 bits per heavy atom. The van der Waals surface area contributed by atoms with Gasteiger partial charge < -0.3 is 10.0 Å². The molecule has 14 heavy (non-hydrogen) atoms. The maximum atomic E-state index is 9.25. The summed E-state index contributed by atoms with van der Waals surface area (Å²) in [6, 6.07) is 0.266. The van der Waals surface area contributed by atoms with Crippen molar-refractivity contribution in [3.05, 3.63) is 9.98 Å². The standard InChI is InChI=1S/C9H13BrN2OS/c10-8-6-14-9(11-8)12-4-2-1-3-7(12)5-13/h6-7,13H,1-5H2. The van der Waals surface area contributed by atoms with Gasteiger partial charge in [-0.05, 0) is 35.2 Å². The Bertz CT molecular complexity index is 305. The molecule has 3 nitrogen and oxygen atoms in total. The van der Waals surface area contributed by atoms with Crippen LogP contribution in [0.3, 0.4) is 0 Å². The number of aliphatic hydroxyl groups excluding tert-OH is 1. The Morgan fingerprint density at radius 3 is 3.14 bits per heavy atom. The second-order valence-corrected chi connectivity index (χ2v) is 5.13. The fourth-order valence-corrected chi connectivity index (χ4v) is 3.17. The fourth-order valence-electron chi connectivity index (χ4n) is 1.82. The van der Waals surface area contributed by atoms with E-state index in [1.807, 2.05) is 5.38 Å². The molecule has 1 atom stereocenters. The van der Waals surface area contributed by atoms with Gasteiger partial charge >= 0.3 is 0 Å². The van der Waals surface area contributed by atoms with Crippen LogP contribution < -0.4 is 4.90 Å². The minimum atomic E-state index is 0.233. The van der Waals surface area contributed by atoms with E-state index in [0.717, 1.165) is 22.7 Å². The number of piperidine rings is 1. The van der Waals surface area contributed by atoms with Crippen molar-refractivity contribution in [2.45, 2.75) is 25.3 Å². The van der Waals surface area contributed by atoms with E-state index in [9.17, 15) is 5.11 Å². The Kier molecular flexibility index (Phi) is 3.41. The number of nitrogens with zero attached hydrogens (tertiary/aromatic N) is 2. The van der Waals surface area contributed by atoms with Crippen LogP contribution in [0.25, 0.3) is 0 Å². The first-order valence-electron chi connectivity index (χ1n) is 4.80. The molecule has 0 radical (unpaired) electrons. The largest absolute Gasteiger partial charge is 0.394 e. The smallest absolute Gasteiger partial charge is 0.186 e. The van der Waals surface area contributed by atoms with E-state index in [4.69, 9.17) is 0 Å². The van der Waals surface area contributed by atoms with Gasteiger partial charge in [0, 0.05) is 11.9 Å². The molecule has 2 rings (SSSR count). The van der Waals surface area contributed by atoms with Crippen LogP contribution >= 0.6 is 27.3 Å². The summed E-state index contributed by atoms with van der Waals surface area (Å²) in [6.45, 7) is 1.25. The summed E-state index contributed by atoms with van der Waals surface area (Å²) in [5, 5.41) is 12.3. The first kappa shape index (κ1) is 10.4. The monoisotopic (exact) mass is 276 g/mol. The molecule has 1 fully saturated rings. The lowest BCUT2D eigenvalue weighted by Gasteiger charge is -2.34. The van der Waals surface area contributed by atoms with Gasteiger partial charge in [-0.1, -0.05) is 0 Å². The Hall–Kier alpha value is -0.130. The van der Waals surface area contributed by atoms with Crippen molar-refractivity contribution in [1.29, 1.82) is 0 Å². The molecule has 1 aromatic heterocycles. The summed E-state index contributed by atoms with van der Waals surface area (Å²) < 4.78 is 0.889. The Morgan fingerprint density at radius 1 is 1.64 bits per heavy atom. The van der Waals surface area contributed by atoms with Gasteiger partial charge in [0.05, 0.1) is 12.6 Å². The van der Waals surface area contributed by atoms with Crippen molar-refractivity contribution < 1.29 is 5.11 Å². The first-order chi connectivity index (χ1) is 6.81. The molecule has 78 valence electrons. The zero-order valence-electron chi connectivity index (χ0n) is 7.82. The zero-order valence-corrected chi connectivity index (χ0v) is 10.2. The topological polar surface area (TPSA) is 36.4 Å². The van der Waals surface area contributed by atoms with Crippen molar-refractivity contribution in [3.63, 3.8) is 0 Å². The molecule has 2 heterocycles. The third kappa shape index (κ3) is 2.10. The van der Waals surface area contributed by atoms with Crippen molar-refractivity contribution in [2.75, 3.05) is 18.1 Å². The third-order valence-electron chi connectivity index (χ3n) is 2.55. The zero-order chi connectivity index (χ0) is 9.97. The lowest BCUT2D eigenvalue weighted by Crippen LogP contribution is -2.41. The number of anilines is 1. The number of rotatable bonds is 2. The summed E-state index contributed by atoms with van der Waals surface area (Å²) >= 11 is 4.98. The average Bonchev–Trinajstić information content (AvgIpc) is 2.65. The summed E-state index contributed by atoms with van der Waals surface area (Å²) in [5.41, 5.74) is 0. The van der Waals surface area contributed by atoms with E-state index in [2.05, 4.69) is 25.8 Å². The van der Waals surface area contributed by atoms with Crippen LogP contribution in [0.2, 0.25) is 0 Å². The quantitative estimate of drug-likeness (QED) is 0.900. The summed E-state index contributed by atoms with van der Waals surface area (Å²) in [4.78, 5) is 6.60.